The summed E-state index contributed by atoms with van der Waals surface area (Å²) >= 11 is 0. The number of fused-ring (bicyclic) bond motifs is 2. The first-order valence-corrected chi connectivity index (χ1v) is 23.9. The van der Waals surface area contributed by atoms with Gasteiger partial charge in [0.25, 0.3) is 11.8 Å². The average molecular weight is 955 g/mol. The van der Waals surface area contributed by atoms with Gasteiger partial charge in [0.2, 0.25) is 11.8 Å². The van der Waals surface area contributed by atoms with Crippen molar-refractivity contribution in [3.05, 3.63) is 89.9 Å². The molecule has 0 saturated carbocycles. The lowest BCUT2D eigenvalue weighted by Gasteiger charge is -2.36. The second-order valence-electron chi connectivity index (χ2n) is 19.7. The Morgan fingerprint density at radius 1 is 0.868 bits per heavy atom. The Morgan fingerprint density at radius 2 is 1.59 bits per heavy atom. The molecule has 3 aromatic carbocycles. The number of carbonyl (C=O) groups excluding carboxylic acids is 5. The maximum absolute atomic E-state index is 13.8. The molecule has 2 aliphatic rings. The van der Waals surface area contributed by atoms with Gasteiger partial charge in [0.15, 0.2) is 5.82 Å². The maximum atomic E-state index is 13.8. The van der Waals surface area contributed by atoms with Crippen LogP contribution in [0.5, 0.6) is 5.75 Å². The zero-order chi connectivity index (χ0) is 49.2. The first kappa shape index (κ1) is 49.5. The molecular formula is C48H59N8O11P. The number of imidazole rings is 1. The SMILES string of the molecule is CC(C)(C)OP(=O)(OCN1C(=O)CCC(N2Cc3c(NC(=O)CCCCOc4ccc5c(c4)ncn5-c4ccc(NC(=O)Nc5cc(C(C)(C)C)on5)cc4)cccc3C2=O)C1=O)OC(C)(C)C. The quantitative estimate of drug-likeness (QED) is 0.0477. The van der Waals surface area contributed by atoms with Crippen molar-refractivity contribution in [1.82, 2.24) is 24.5 Å². The van der Waals surface area contributed by atoms with Gasteiger partial charge < -0.3 is 24.8 Å². The number of phosphoric ester groups is 1. The summed E-state index contributed by atoms with van der Waals surface area (Å²) in [4.78, 5) is 73.0. The van der Waals surface area contributed by atoms with E-state index < -0.39 is 55.6 Å². The van der Waals surface area contributed by atoms with E-state index in [0.717, 1.165) is 21.6 Å². The van der Waals surface area contributed by atoms with Crippen LogP contribution in [-0.4, -0.2) is 84.7 Å². The molecule has 20 heteroatoms. The van der Waals surface area contributed by atoms with Crippen molar-refractivity contribution in [1.29, 1.82) is 0 Å². The molecule has 2 aliphatic heterocycles. The van der Waals surface area contributed by atoms with E-state index in [4.69, 9.17) is 22.8 Å². The molecule has 4 heterocycles. The van der Waals surface area contributed by atoms with Gasteiger partial charge in [-0.25, -0.2) is 14.3 Å². The van der Waals surface area contributed by atoms with Crippen LogP contribution in [-0.2, 0) is 44.5 Å². The van der Waals surface area contributed by atoms with E-state index in [1.807, 2.05) is 55.7 Å². The molecule has 0 aliphatic carbocycles. The summed E-state index contributed by atoms with van der Waals surface area (Å²) in [6, 6.07) is 18.2. The van der Waals surface area contributed by atoms with E-state index in [1.165, 1.54) is 4.90 Å². The number of carbonyl (C=O) groups is 5. The largest absolute Gasteiger partial charge is 0.494 e. The zero-order valence-corrected chi connectivity index (χ0v) is 40.7. The third-order valence-electron chi connectivity index (χ3n) is 10.7. The normalized spacial score (nSPS) is 15.8. The Labute approximate surface area is 394 Å². The minimum atomic E-state index is -4.25. The van der Waals surface area contributed by atoms with Gasteiger partial charge in [0.05, 0.1) is 28.8 Å². The zero-order valence-electron chi connectivity index (χ0n) is 39.8. The molecule has 362 valence electrons. The Bertz CT molecular complexity index is 2730. The number of ether oxygens (including phenoxy) is 1. The van der Waals surface area contributed by atoms with Crippen LogP contribution in [0.4, 0.5) is 22.0 Å². The van der Waals surface area contributed by atoms with E-state index in [9.17, 15) is 28.5 Å². The molecule has 7 rings (SSSR count). The monoisotopic (exact) mass is 954 g/mol. The highest BCUT2D eigenvalue weighted by molar-refractivity contribution is 7.48. The highest BCUT2D eigenvalue weighted by Crippen LogP contribution is 2.55. The van der Waals surface area contributed by atoms with E-state index in [2.05, 4.69) is 26.1 Å². The molecule has 0 spiro atoms. The van der Waals surface area contributed by atoms with Crippen LogP contribution in [0.3, 0.4) is 0 Å². The summed E-state index contributed by atoms with van der Waals surface area (Å²) in [5.41, 5.74) is 2.29. The van der Waals surface area contributed by atoms with E-state index in [1.54, 1.807) is 84.3 Å². The summed E-state index contributed by atoms with van der Waals surface area (Å²) in [5.74, 6) is -0.255. The molecule has 1 atom stereocenters. The number of urea groups is 1. The first-order valence-electron chi connectivity index (χ1n) is 22.4. The lowest BCUT2D eigenvalue weighted by Crippen LogP contribution is -2.55. The fourth-order valence-corrected chi connectivity index (χ4v) is 9.33. The van der Waals surface area contributed by atoms with Gasteiger partial charge in [-0.2, -0.15) is 0 Å². The summed E-state index contributed by atoms with van der Waals surface area (Å²) in [6.07, 6.45) is 3.08. The number of phosphoric acid groups is 1. The van der Waals surface area contributed by atoms with Gasteiger partial charge in [-0.3, -0.25) is 47.5 Å². The lowest BCUT2D eigenvalue weighted by atomic mass is 9.93. The van der Waals surface area contributed by atoms with Crippen LogP contribution in [0.25, 0.3) is 16.7 Å². The highest BCUT2D eigenvalue weighted by Gasteiger charge is 2.45. The predicted octanol–water partition coefficient (Wildman–Crippen LogP) is 9.33. The van der Waals surface area contributed by atoms with Gasteiger partial charge >= 0.3 is 13.9 Å². The number of hydrogen-bond donors (Lipinski definition) is 3. The van der Waals surface area contributed by atoms with Crippen molar-refractivity contribution in [2.24, 2.45) is 0 Å². The van der Waals surface area contributed by atoms with E-state index >= 15 is 0 Å². The number of aromatic nitrogens is 3. The van der Waals surface area contributed by atoms with Crippen LogP contribution < -0.4 is 20.7 Å². The van der Waals surface area contributed by atoms with Gasteiger partial charge in [-0.15, -0.1) is 0 Å². The number of imide groups is 1. The van der Waals surface area contributed by atoms with Gasteiger partial charge in [0, 0.05) is 65.1 Å². The fraction of sp³-hybridized carbons (Fsp3) is 0.438. The predicted molar refractivity (Wildman–Crippen MR) is 253 cm³/mol. The van der Waals surface area contributed by atoms with Crippen molar-refractivity contribution in [3.8, 4) is 11.4 Å². The van der Waals surface area contributed by atoms with Gasteiger partial charge in [-0.1, -0.05) is 32.0 Å². The number of amides is 6. The Kier molecular flexibility index (Phi) is 14.3. The minimum Gasteiger partial charge on any atom is -0.494 e. The highest BCUT2D eigenvalue weighted by atomic mass is 31.2. The summed E-state index contributed by atoms with van der Waals surface area (Å²) < 4.78 is 43.8. The van der Waals surface area contributed by atoms with E-state index in [-0.39, 0.29) is 37.1 Å². The molecule has 2 aromatic heterocycles. The Balaban J connectivity index is 0.872. The van der Waals surface area contributed by atoms with Crippen molar-refractivity contribution >= 4 is 65.7 Å². The third kappa shape index (κ3) is 12.2. The fourth-order valence-electron chi connectivity index (χ4n) is 7.59. The van der Waals surface area contributed by atoms with Crippen molar-refractivity contribution in [3.63, 3.8) is 0 Å². The number of hydrogen-bond acceptors (Lipinski definition) is 13. The van der Waals surface area contributed by atoms with Crippen LogP contribution in [0.15, 0.2) is 77.6 Å². The van der Waals surface area contributed by atoms with Gasteiger partial charge in [-0.05, 0) is 109 Å². The number of nitrogens with zero attached hydrogens (tertiary/aromatic N) is 5. The molecular weight excluding hydrogens is 896 g/mol. The Hall–Kier alpha value is -6.40. The molecule has 1 fully saturated rings. The molecule has 68 heavy (non-hydrogen) atoms. The average Bonchev–Trinajstić information content (AvgIpc) is 3.97. The smallest absolute Gasteiger partial charge is 0.477 e. The number of benzene rings is 3. The van der Waals surface area contributed by atoms with Crippen LogP contribution in [0.2, 0.25) is 0 Å². The Morgan fingerprint density at radius 3 is 2.26 bits per heavy atom. The number of nitrogens with one attached hydrogen (secondary N) is 3. The van der Waals surface area contributed by atoms with Crippen LogP contribution >= 0.6 is 7.82 Å². The lowest BCUT2D eigenvalue weighted by molar-refractivity contribution is -0.156. The third-order valence-corrected chi connectivity index (χ3v) is 12.7. The molecule has 19 nitrogen and oxygen atoms in total. The number of rotatable bonds is 16. The van der Waals surface area contributed by atoms with Crippen molar-refractivity contribution in [2.45, 2.75) is 124 Å². The van der Waals surface area contributed by atoms with Crippen molar-refractivity contribution in [2.75, 3.05) is 29.3 Å². The van der Waals surface area contributed by atoms with Gasteiger partial charge in [0.1, 0.15) is 30.6 Å². The molecule has 0 bridgehead atoms. The standard InChI is InChI=1S/C48H59N8O11P/c1-46(2,3)39-26-40(53-65-39)52-45(61)50-30-16-18-31(19-17-30)55-28-49-36-25-32(20-21-37(36)55)63-24-11-10-15-41(57)51-35-14-12-13-33-34(35)27-54(43(33)59)38-22-23-42(58)56(44(38)60)29-64-68(62,66-47(4,5)6)67-48(7,8)9/h12-14,16-21,25-26,28,38H,10-11,15,22-24,27,29H2,1-9H3,(H,51,57)(H2,50,52,53,61). The number of anilines is 3. The first-order chi connectivity index (χ1) is 31.9. The minimum absolute atomic E-state index is 0.0356. The second-order valence-corrected chi connectivity index (χ2v) is 21.2. The number of likely N-dealkylation sites (tertiary alicyclic amines) is 1. The van der Waals surface area contributed by atoms with Crippen molar-refractivity contribution < 1.29 is 51.4 Å². The topological polar surface area (TPSA) is 226 Å². The second kappa shape index (κ2) is 19.7. The molecule has 3 N–H and O–H groups in total. The maximum Gasteiger partial charge on any atom is 0.477 e. The molecule has 1 saturated heterocycles. The van der Waals surface area contributed by atoms with E-state index in [0.29, 0.717) is 59.3 Å². The molecule has 0 radical (unpaired) electrons. The number of piperidine rings is 1. The molecule has 1 unspecified atom stereocenters. The molecule has 6 amide bonds. The number of unbranched alkanes of at least 4 members (excludes halogenated alkanes) is 1. The molecule has 5 aromatic rings. The summed E-state index contributed by atoms with van der Waals surface area (Å²) in [5, 5.41) is 12.3. The van der Waals surface area contributed by atoms with Crippen LogP contribution in [0, 0.1) is 0 Å². The van der Waals surface area contributed by atoms with Crippen LogP contribution in [0.1, 0.15) is 116 Å². The summed E-state index contributed by atoms with van der Waals surface area (Å²) in [7, 11) is -4.25. The summed E-state index contributed by atoms with van der Waals surface area (Å²) in [6.45, 7) is 15.7.